The Hall–Kier alpha value is -1.46. The van der Waals surface area contributed by atoms with Crippen molar-refractivity contribution in [3.8, 4) is 11.5 Å². The normalized spacial score (nSPS) is 9.60. The number of methoxy groups -OCH3 is 2. The molecule has 1 rings (SSSR count). The predicted molar refractivity (Wildman–Crippen MR) is 56.2 cm³/mol. The first kappa shape index (κ1) is 11.6. The molecule has 3 N–H and O–H groups in total. The number of carbonyl (C=O) groups excluding carboxylic acids is 1. The second kappa shape index (κ2) is 4.86. The van der Waals surface area contributed by atoms with Crippen LogP contribution in [0.2, 0.25) is 5.02 Å². The van der Waals surface area contributed by atoms with E-state index in [4.69, 9.17) is 26.9 Å². The van der Waals surface area contributed by atoms with Crippen LogP contribution in [0, 0.1) is 0 Å². The third-order valence-corrected chi connectivity index (χ3v) is 2.11. The Morgan fingerprint density at radius 3 is 2.53 bits per heavy atom. The monoisotopic (exact) mass is 230 g/mol. The number of nitrogen functional groups attached to an aromatic ring is 1. The molecule has 0 radical (unpaired) electrons. The standard InChI is InChI=1S/C9H11ClN2O3/c1-14-5-3-6(9(13)12-11)8(15-2)7(10)4-5/h3-4H,11H2,1-2H3,(H,12,13). The number of ether oxygens (including phenoxy) is 2. The van der Waals surface area contributed by atoms with E-state index in [-0.39, 0.29) is 16.3 Å². The lowest BCUT2D eigenvalue weighted by molar-refractivity contribution is 0.0950. The van der Waals surface area contributed by atoms with Crippen LogP contribution in [-0.2, 0) is 0 Å². The van der Waals surface area contributed by atoms with Crippen molar-refractivity contribution in [3.05, 3.63) is 22.7 Å². The summed E-state index contributed by atoms with van der Waals surface area (Å²) >= 11 is 5.89. The van der Waals surface area contributed by atoms with Gasteiger partial charge in [0.25, 0.3) is 5.91 Å². The first-order valence-electron chi connectivity index (χ1n) is 4.06. The third kappa shape index (κ3) is 2.31. The maximum Gasteiger partial charge on any atom is 0.269 e. The van der Waals surface area contributed by atoms with Gasteiger partial charge in [-0.3, -0.25) is 10.2 Å². The van der Waals surface area contributed by atoms with Crippen LogP contribution in [0.15, 0.2) is 12.1 Å². The summed E-state index contributed by atoms with van der Waals surface area (Å²) in [5.74, 6) is 5.26. The van der Waals surface area contributed by atoms with E-state index in [1.165, 1.54) is 20.3 Å². The topological polar surface area (TPSA) is 73.6 Å². The Kier molecular flexibility index (Phi) is 3.76. The van der Waals surface area contributed by atoms with Crippen LogP contribution in [0.5, 0.6) is 11.5 Å². The van der Waals surface area contributed by atoms with Crippen LogP contribution < -0.4 is 20.7 Å². The summed E-state index contributed by atoms with van der Waals surface area (Å²) in [6, 6.07) is 3.04. The van der Waals surface area contributed by atoms with Gasteiger partial charge in [0.05, 0.1) is 24.8 Å². The number of halogens is 1. The minimum Gasteiger partial charge on any atom is -0.497 e. The van der Waals surface area contributed by atoms with Crippen molar-refractivity contribution in [2.45, 2.75) is 0 Å². The molecule has 1 aromatic rings. The quantitative estimate of drug-likeness (QED) is 0.461. The number of nitrogens with one attached hydrogen (secondary N) is 1. The molecule has 0 fully saturated rings. The van der Waals surface area contributed by atoms with Gasteiger partial charge in [0, 0.05) is 6.07 Å². The summed E-state index contributed by atoms with van der Waals surface area (Å²) in [7, 11) is 2.89. The Morgan fingerprint density at radius 2 is 2.07 bits per heavy atom. The van der Waals surface area contributed by atoms with Gasteiger partial charge in [0.2, 0.25) is 0 Å². The largest absolute Gasteiger partial charge is 0.497 e. The average molecular weight is 231 g/mol. The highest BCUT2D eigenvalue weighted by Gasteiger charge is 2.16. The highest BCUT2D eigenvalue weighted by molar-refractivity contribution is 6.32. The molecule has 0 aliphatic carbocycles. The molecule has 0 aliphatic heterocycles. The van der Waals surface area contributed by atoms with E-state index >= 15 is 0 Å². The molecule has 1 amide bonds. The van der Waals surface area contributed by atoms with Gasteiger partial charge in [0.1, 0.15) is 5.75 Å². The molecule has 15 heavy (non-hydrogen) atoms. The van der Waals surface area contributed by atoms with Crippen molar-refractivity contribution in [3.63, 3.8) is 0 Å². The number of nitrogens with two attached hydrogens (primary N) is 1. The van der Waals surface area contributed by atoms with Crippen LogP contribution >= 0.6 is 11.6 Å². The molecule has 0 saturated carbocycles. The van der Waals surface area contributed by atoms with Crippen LogP contribution in [0.4, 0.5) is 0 Å². The Balaban J connectivity index is 3.32. The van der Waals surface area contributed by atoms with Crippen LogP contribution in [-0.4, -0.2) is 20.1 Å². The van der Waals surface area contributed by atoms with Crippen molar-refractivity contribution in [2.75, 3.05) is 14.2 Å². The van der Waals surface area contributed by atoms with E-state index in [1.807, 2.05) is 5.43 Å². The highest BCUT2D eigenvalue weighted by Crippen LogP contribution is 2.32. The first-order chi connectivity index (χ1) is 7.13. The molecule has 6 heteroatoms. The van der Waals surface area contributed by atoms with E-state index in [1.54, 1.807) is 6.07 Å². The maximum atomic E-state index is 11.4. The molecule has 1 aromatic carbocycles. The minimum absolute atomic E-state index is 0.226. The van der Waals surface area contributed by atoms with Crippen molar-refractivity contribution < 1.29 is 14.3 Å². The van der Waals surface area contributed by atoms with E-state index in [0.717, 1.165) is 0 Å². The lowest BCUT2D eigenvalue weighted by Crippen LogP contribution is -2.30. The molecule has 0 bridgehead atoms. The van der Waals surface area contributed by atoms with Crippen LogP contribution in [0.1, 0.15) is 10.4 Å². The van der Waals surface area contributed by atoms with Crippen LogP contribution in [0.3, 0.4) is 0 Å². The van der Waals surface area contributed by atoms with Crippen molar-refractivity contribution in [2.24, 2.45) is 5.84 Å². The van der Waals surface area contributed by atoms with Crippen molar-refractivity contribution in [1.29, 1.82) is 0 Å². The number of carbonyl (C=O) groups is 1. The zero-order chi connectivity index (χ0) is 11.4. The summed E-state index contributed by atoms with van der Waals surface area (Å²) in [4.78, 5) is 11.4. The van der Waals surface area contributed by atoms with Crippen LogP contribution in [0.25, 0.3) is 0 Å². The van der Waals surface area contributed by atoms with E-state index in [0.29, 0.717) is 5.75 Å². The summed E-state index contributed by atoms with van der Waals surface area (Å²) in [5.41, 5.74) is 2.23. The number of hydrazine groups is 1. The highest BCUT2D eigenvalue weighted by atomic mass is 35.5. The Bertz CT molecular complexity index is 382. The van der Waals surface area contributed by atoms with Gasteiger partial charge in [-0.1, -0.05) is 11.6 Å². The average Bonchev–Trinajstić information content (AvgIpc) is 2.26. The molecule has 0 atom stereocenters. The number of hydrogen-bond acceptors (Lipinski definition) is 4. The fourth-order valence-electron chi connectivity index (χ4n) is 1.14. The molecule has 5 nitrogen and oxygen atoms in total. The van der Waals surface area contributed by atoms with E-state index in [9.17, 15) is 4.79 Å². The van der Waals surface area contributed by atoms with Gasteiger partial charge >= 0.3 is 0 Å². The van der Waals surface area contributed by atoms with E-state index in [2.05, 4.69) is 0 Å². The Morgan fingerprint density at radius 1 is 1.40 bits per heavy atom. The fourth-order valence-corrected chi connectivity index (χ4v) is 1.43. The molecule has 0 saturated heterocycles. The van der Waals surface area contributed by atoms with Crippen molar-refractivity contribution >= 4 is 17.5 Å². The maximum absolute atomic E-state index is 11.4. The second-order valence-corrected chi connectivity index (χ2v) is 3.07. The smallest absolute Gasteiger partial charge is 0.269 e. The molecule has 0 spiro atoms. The number of amides is 1. The molecule has 0 aliphatic rings. The molecule has 0 aromatic heterocycles. The summed E-state index contributed by atoms with van der Waals surface area (Å²) in [6.07, 6.45) is 0. The molecule has 0 unspecified atom stereocenters. The predicted octanol–water partition coefficient (Wildman–Crippen LogP) is 0.961. The fraction of sp³-hybridized carbons (Fsp3) is 0.222. The molecular formula is C9H11ClN2O3. The number of benzene rings is 1. The van der Waals surface area contributed by atoms with Gasteiger partial charge in [-0.15, -0.1) is 0 Å². The number of rotatable bonds is 3. The van der Waals surface area contributed by atoms with Gasteiger partial charge in [-0.05, 0) is 6.07 Å². The summed E-state index contributed by atoms with van der Waals surface area (Å²) in [5, 5.41) is 0.287. The number of hydrogen-bond donors (Lipinski definition) is 2. The zero-order valence-corrected chi connectivity index (χ0v) is 9.09. The zero-order valence-electron chi connectivity index (χ0n) is 8.33. The summed E-state index contributed by atoms with van der Waals surface area (Å²) in [6.45, 7) is 0. The lowest BCUT2D eigenvalue weighted by Gasteiger charge is -2.10. The second-order valence-electron chi connectivity index (χ2n) is 2.66. The third-order valence-electron chi connectivity index (χ3n) is 1.83. The minimum atomic E-state index is -0.493. The van der Waals surface area contributed by atoms with Gasteiger partial charge in [-0.2, -0.15) is 0 Å². The Labute approximate surface area is 92.1 Å². The summed E-state index contributed by atoms with van der Waals surface area (Å²) < 4.78 is 9.96. The molecule has 0 heterocycles. The van der Waals surface area contributed by atoms with Gasteiger partial charge in [0.15, 0.2) is 5.75 Å². The van der Waals surface area contributed by atoms with Crippen molar-refractivity contribution in [1.82, 2.24) is 5.43 Å². The molecule has 82 valence electrons. The van der Waals surface area contributed by atoms with E-state index < -0.39 is 5.91 Å². The molecular weight excluding hydrogens is 220 g/mol. The SMILES string of the molecule is COc1cc(Cl)c(OC)c(C(=O)NN)c1. The van der Waals surface area contributed by atoms with Gasteiger partial charge < -0.3 is 9.47 Å². The lowest BCUT2D eigenvalue weighted by atomic mass is 10.2. The first-order valence-corrected chi connectivity index (χ1v) is 4.44. The van der Waals surface area contributed by atoms with Gasteiger partial charge in [-0.25, -0.2) is 5.84 Å².